The average Bonchev–Trinajstić information content (AvgIpc) is 3.00. The molecular formula is C15H28O2. The van der Waals surface area contributed by atoms with Crippen LogP contribution >= 0.6 is 0 Å². The molecule has 1 N–H and O–H groups in total. The van der Waals surface area contributed by atoms with Crippen molar-refractivity contribution in [2.75, 3.05) is 6.61 Å². The van der Waals surface area contributed by atoms with Gasteiger partial charge in [-0.05, 0) is 56.8 Å². The van der Waals surface area contributed by atoms with E-state index in [1.54, 1.807) is 0 Å². The Hall–Kier alpha value is -0.0800. The van der Waals surface area contributed by atoms with Gasteiger partial charge in [0.1, 0.15) is 0 Å². The molecule has 2 heteroatoms. The van der Waals surface area contributed by atoms with Gasteiger partial charge < -0.3 is 9.84 Å². The van der Waals surface area contributed by atoms with Crippen molar-refractivity contribution in [2.24, 2.45) is 5.41 Å². The first-order valence-electron chi connectivity index (χ1n) is 7.56. The Morgan fingerprint density at radius 1 is 1.29 bits per heavy atom. The molecule has 2 rings (SSSR count). The third-order valence-electron chi connectivity index (χ3n) is 5.04. The normalized spacial score (nSPS) is 29.6. The number of ether oxygens (including phenoxy) is 1. The van der Waals surface area contributed by atoms with Gasteiger partial charge in [0.2, 0.25) is 0 Å². The highest BCUT2D eigenvalue weighted by atomic mass is 16.5. The van der Waals surface area contributed by atoms with Crippen LogP contribution in [0.3, 0.4) is 0 Å². The first-order valence-corrected chi connectivity index (χ1v) is 7.56. The summed E-state index contributed by atoms with van der Waals surface area (Å²) >= 11 is 0. The lowest BCUT2D eigenvalue weighted by atomic mass is 9.76. The van der Waals surface area contributed by atoms with Crippen LogP contribution < -0.4 is 0 Å². The van der Waals surface area contributed by atoms with E-state index in [1.807, 2.05) is 0 Å². The van der Waals surface area contributed by atoms with E-state index in [4.69, 9.17) is 4.74 Å². The second-order valence-corrected chi connectivity index (χ2v) is 6.00. The molecule has 0 amide bonds. The van der Waals surface area contributed by atoms with Crippen molar-refractivity contribution in [1.29, 1.82) is 0 Å². The SMILES string of the molecule is CCC1(C(O)CCCC2CCCO2)CCCC1. The van der Waals surface area contributed by atoms with E-state index in [0.29, 0.717) is 6.10 Å². The van der Waals surface area contributed by atoms with Gasteiger partial charge in [0.25, 0.3) is 0 Å². The summed E-state index contributed by atoms with van der Waals surface area (Å²) in [7, 11) is 0. The minimum atomic E-state index is -0.0728. The number of aliphatic hydroxyl groups excluding tert-OH is 1. The Morgan fingerprint density at radius 3 is 2.65 bits per heavy atom. The minimum Gasteiger partial charge on any atom is -0.393 e. The van der Waals surface area contributed by atoms with Crippen LogP contribution in [0.25, 0.3) is 0 Å². The molecule has 0 spiro atoms. The van der Waals surface area contributed by atoms with Gasteiger partial charge in [-0.25, -0.2) is 0 Å². The fraction of sp³-hybridized carbons (Fsp3) is 1.00. The zero-order chi connectivity index (χ0) is 12.1. The van der Waals surface area contributed by atoms with Crippen molar-refractivity contribution in [2.45, 2.75) is 83.3 Å². The highest BCUT2D eigenvalue weighted by Crippen LogP contribution is 2.45. The third kappa shape index (κ3) is 3.23. The zero-order valence-electron chi connectivity index (χ0n) is 11.3. The summed E-state index contributed by atoms with van der Waals surface area (Å²) in [5.74, 6) is 0. The highest BCUT2D eigenvalue weighted by molar-refractivity contribution is 4.89. The molecule has 1 saturated carbocycles. The predicted molar refractivity (Wildman–Crippen MR) is 70.0 cm³/mol. The van der Waals surface area contributed by atoms with Gasteiger partial charge in [0.15, 0.2) is 0 Å². The topological polar surface area (TPSA) is 29.5 Å². The first-order chi connectivity index (χ1) is 8.27. The lowest BCUT2D eigenvalue weighted by molar-refractivity contribution is 0.0134. The van der Waals surface area contributed by atoms with Gasteiger partial charge in [-0.15, -0.1) is 0 Å². The van der Waals surface area contributed by atoms with Crippen molar-refractivity contribution in [3.05, 3.63) is 0 Å². The maximum Gasteiger partial charge on any atom is 0.0596 e. The maximum atomic E-state index is 10.4. The molecule has 0 bridgehead atoms. The van der Waals surface area contributed by atoms with E-state index < -0.39 is 0 Å². The Labute approximate surface area is 106 Å². The van der Waals surface area contributed by atoms with E-state index in [0.717, 1.165) is 32.3 Å². The van der Waals surface area contributed by atoms with Crippen LogP contribution in [0, 0.1) is 5.41 Å². The Bertz CT molecular complexity index is 215. The molecule has 1 saturated heterocycles. The third-order valence-corrected chi connectivity index (χ3v) is 5.04. The van der Waals surface area contributed by atoms with Crippen LogP contribution in [0.15, 0.2) is 0 Å². The lowest BCUT2D eigenvalue weighted by Crippen LogP contribution is -2.32. The Morgan fingerprint density at radius 2 is 2.06 bits per heavy atom. The summed E-state index contributed by atoms with van der Waals surface area (Å²) in [6.07, 6.45) is 12.4. The first kappa shape index (κ1) is 13.4. The van der Waals surface area contributed by atoms with Crippen molar-refractivity contribution < 1.29 is 9.84 Å². The van der Waals surface area contributed by atoms with E-state index >= 15 is 0 Å². The van der Waals surface area contributed by atoms with E-state index in [2.05, 4.69) is 6.92 Å². The molecule has 0 aromatic heterocycles. The molecule has 2 fully saturated rings. The van der Waals surface area contributed by atoms with Crippen LogP contribution in [0.2, 0.25) is 0 Å². The largest absolute Gasteiger partial charge is 0.393 e. The maximum absolute atomic E-state index is 10.4. The molecule has 0 aromatic carbocycles. The lowest BCUT2D eigenvalue weighted by Gasteiger charge is -2.33. The van der Waals surface area contributed by atoms with E-state index in [1.165, 1.54) is 38.5 Å². The number of hydrogen-bond donors (Lipinski definition) is 1. The smallest absolute Gasteiger partial charge is 0.0596 e. The average molecular weight is 240 g/mol. The van der Waals surface area contributed by atoms with Crippen LogP contribution in [-0.2, 0) is 4.74 Å². The molecule has 1 aliphatic carbocycles. The molecule has 2 atom stereocenters. The summed E-state index contributed by atoms with van der Waals surface area (Å²) in [6, 6.07) is 0. The number of hydrogen-bond acceptors (Lipinski definition) is 2. The Kier molecular flexibility index (Phi) is 4.87. The standard InChI is InChI=1S/C15H28O2/c1-2-15(10-3-4-11-15)14(16)9-5-7-13-8-6-12-17-13/h13-14,16H,2-12H2,1H3. The molecule has 2 nitrogen and oxygen atoms in total. The van der Waals surface area contributed by atoms with Crippen LogP contribution in [0.1, 0.15) is 71.1 Å². The molecule has 0 aromatic rings. The fourth-order valence-electron chi connectivity index (χ4n) is 3.72. The molecule has 17 heavy (non-hydrogen) atoms. The molecule has 1 aliphatic heterocycles. The molecule has 0 radical (unpaired) electrons. The summed E-state index contributed by atoms with van der Waals surface area (Å²) in [6.45, 7) is 3.20. The molecule has 1 heterocycles. The van der Waals surface area contributed by atoms with Crippen molar-refractivity contribution in [3.8, 4) is 0 Å². The molecule has 2 unspecified atom stereocenters. The second kappa shape index (κ2) is 6.19. The van der Waals surface area contributed by atoms with Gasteiger partial charge in [0.05, 0.1) is 12.2 Å². The van der Waals surface area contributed by atoms with Gasteiger partial charge in [-0.3, -0.25) is 0 Å². The highest BCUT2D eigenvalue weighted by Gasteiger charge is 2.38. The molecular weight excluding hydrogens is 212 g/mol. The summed E-state index contributed by atoms with van der Waals surface area (Å²) in [5.41, 5.74) is 0.260. The monoisotopic (exact) mass is 240 g/mol. The second-order valence-electron chi connectivity index (χ2n) is 6.00. The van der Waals surface area contributed by atoms with Gasteiger partial charge in [-0.1, -0.05) is 19.8 Å². The quantitative estimate of drug-likeness (QED) is 0.767. The fourth-order valence-corrected chi connectivity index (χ4v) is 3.72. The van der Waals surface area contributed by atoms with Gasteiger partial charge in [-0.2, -0.15) is 0 Å². The van der Waals surface area contributed by atoms with Crippen molar-refractivity contribution >= 4 is 0 Å². The van der Waals surface area contributed by atoms with Crippen molar-refractivity contribution in [3.63, 3.8) is 0 Å². The van der Waals surface area contributed by atoms with Crippen LogP contribution in [-0.4, -0.2) is 23.9 Å². The van der Waals surface area contributed by atoms with E-state index in [9.17, 15) is 5.11 Å². The summed E-state index contributed by atoms with van der Waals surface area (Å²) < 4.78 is 5.63. The molecule has 2 aliphatic rings. The summed E-state index contributed by atoms with van der Waals surface area (Å²) in [5, 5.41) is 10.4. The van der Waals surface area contributed by atoms with Crippen LogP contribution in [0.4, 0.5) is 0 Å². The number of aliphatic hydroxyl groups is 1. The number of rotatable bonds is 6. The van der Waals surface area contributed by atoms with Gasteiger partial charge >= 0.3 is 0 Å². The molecule has 100 valence electrons. The van der Waals surface area contributed by atoms with Crippen molar-refractivity contribution in [1.82, 2.24) is 0 Å². The van der Waals surface area contributed by atoms with Gasteiger partial charge in [0, 0.05) is 6.61 Å². The van der Waals surface area contributed by atoms with Crippen LogP contribution in [0.5, 0.6) is 0 Å². The zero-order valence-corrected chi connectivity index (χ0v) is 11.3. The van der Waals surface area contributed by atoms with E-state index in [-0.39, 0.29) is 11.5 Å². The predicted octanol–water partition coefficient (Wildman–Crippen LogP) is 3.67. The minimum absolute atomic E-state index is 0.0728. The Balaban J connectivity index is 1.70. The summed E-state index contributed by atoms with van der Waals surface area (Å²) in [4.78, 5) is 0.